The van der Waals surface area contributed by atoms with Gasteiger partial charge in [-0.1, -0.05) is 72.2 Å². The number of aromatic hydroxyl groups is 2. The average Bonchev–Trinajstić information content (AvgIpc) is 0.884. The lowest BCUT2D eigenvalue weighted by molar-refractivity contribution is -0.0723. The molecule has 5 N–H and O–H groups in total. The first-order chi connectivity index (χ1) is 40.3. The molecule has 23 heteroatoms. The summed E-state index contributed by atoms with van der Waals surface area (Å²) < 4.78 is 51.1. The Bertz CT molecular complexity index is 3440. The number of piperazine rings is 2. The number of hydrogen-bond donors (Lipinski definition) is 4. The Morgan fingerprint density at radius 1 is 0.702 bits per heavy atom. The van der Waals surface area contributed by atoms with E-state index >= 15 is 0 Å². The molecule has 0 aromatic heterocycles. The highest BCUT2D eigenvalue weighted by molar-refractivity contribution is 6.67. The quantitative estimate of drug-likeness (QED) is 0.0772. The molecule has 4 aromatic carbocycles. The Labute approximate surface area is 503 Å². The highest BCUT2D eigenvalue weighted by Gasteiger charge is 2.59. The third-order valence-electron chi connectivity index (χ3n) is 18.3. The Hall–Kier alpha value is -6.72. The largest absolute Gasteiger partial charge is 0.504 e. The number of halogens is 3. The molecule has 0 radical (unpaired) electrons. The Morgan fingerprint density at radius 3 is 1.54 bits per heavy atom. The average molecular weight is 1210 g/mol. The molecule has 4 aromatic rings. The van der Waals surface area contributed by atoms with Gasteiger partial charge in [0.15, 0.2) is 46.0 Å². The summed E-state index contributed by atoms with van der Waals surface area (Å²) in [6.45, 7) is 16.0. The van der Waals surface area contributed by atoms with Crippen LogP contribution in [0.4, 0.5) is 4.79 Å². The van der Waals surface area contributed by atoms with Gasteiger partial charge >= 0.3 is 6.09 Å². The summed E-state index contributed by atoms with van der Waals surface area (Å²) >= 11 is 17.4. The maximum atomic E-state index is 12.9. The number of alkyl carbamates (subject to hydrolysis) is 1. The molecule has 12 rings (SSSR count). The SMILES string of the molecule is C=CCOc1c(C)c2c(c3c1CC1[C@H]4c5c(cc(C)c(OC)c5O)C[C@@H]([C@H](C#N)N1[C@H]3CN)N4C)OCO2.C=CCOc1c(C)c2c(c3c1CC1[C@H]4c5c(cc(C)c(OC)c5O)C[C@@H]([C@H](C#N)N1[C@H]3CNC(=O)OCC(Cl)(Cl)Cl)N4C)OCO2. The van der Waals surface area contributed by atoms with Crippen molar-refractivity contribution in [3.63, 3.8) is 0 Å². The van der Waals surface area contributed by atoms with Crippen molar-refractivity contribution in [1.82, 2.24) is 24.9 Å². The number of nitrogens with zero attached hydrogens (tertiary/aromatic N) is 6. The lowest BCUT2D eigenvalue weighted by atomic mass is 9.71. The number of nitrogens with one attached hydrogen (secondary N) is 1. The third-order valence-corrected chi connectivity index (χ3v) is 18.6. The predicted molar refractivity (Wildman–Crippen MR) is 312 cm³/mol. The van der Waals surface area contributed by atoms with E-state index in [0.29, 0.717) is 79.1 Å². The monoisotopic (exact) mass is 1210 g/mol. The second kappa shape index (κ2) is 22.9. The van der Waals surface area contributed by atoms with Crippen LogP contribution in [0.2, 0.25) is 0 Å². The molecule has 2 saturated heterocycles. The van der Waals surface area contributed by atoms with Crippen LogP contribution in [0.25, 0.3) is 0 Å². The molecule has 0 spiro atoms. The summed E-state index contributed by atoms with van der Waals surface area (Å²) in [6.07, 6.45) is 4.81. The number of methoxy groups -OCH3 is 2. The number of phenols is 2. The molecule has 84 heavy (non-hydrogen) atoms. The van der Waals surface area contributed by atoms with Crippen molar-refractivity contribution in [2.24, 2.45) is 5.73 Å². The maximum Gasteiger partial charge on any atom is 0.407 e. The molecule has 0 saturated carbocycles. The molecule has 8 aliphatic heterocycles. The minimum Gasteiger partial charge on any atom is -0.504 e. The molecule has 2 fully saturated rings. The minimum absolute atomic E-state index is 0.0124. The second-order valence-corrected chi connectivity index (χ2v) is 25.0. The Morgan fingerprint density at radius 2 is 1.13 bits per heavy atom. The van der Waals surface area contributed by atoms with Crippen molar-refractivity contribution in [1.29, 1.82) is 10.5 Å². The van der Waals surface area contributed by atoms with Gasteiger partial charge in [-0.2, -0.15) is 10.5 Å². The van der Waals surface area contributed by atoms with Crippen molar-refractivity contribution in [2.75, 3.05) is 74.8 Å². The van der Waals surface area contributed by atoms with E-state index in [-0.39, 0.29) is 80.5 Å². The first kappa shape index (κ1) is 59.0. The summed E-state index contributed by atoms with van der Waals surface area (Å²) in [6, 6.07) is 6.17. The zero-order valence-corrected chi connectivity index (χ0v) is 50.4. The van der Waals surface area contributed by atoms with Crippen LogP contribution >= 0.6 is 34.8 Å². The predicted octanol–water partition coefficient (Wildman–Crippen LogP) is 8.22. The summed E-state index contributed by atoms with van der Waals surface area (Å²) in [4.78, 5) is 21.7. The smallest absolute Gasteiger partial charge is 0.407 e. The number of likely N-dealkylation sites (N-methyl/N-ethyl adjacent to an activating group) is 2. The van der Waals surface area contributed by atoms with Gasteiger partial charge in [0, 0.05) is 81.8 Å². The Balaban J connectivity index is 0.000000178. The molecule has 0 aliphatic carbocycles. The van der Waals surface area contributed by atoms with Crippen LogP contribution < -0.4 is 48.9 Å². The fourth-order valence-corrected chi connectivity index (χ4v) is 15.3. The molecule has 20 nitrogen and oxygen atoms in total. The topological polar surface area (TPSA) is 239 Å². The molecular weight excluding hydrogens is 1140 g/mol. The van der Waals surface area contributed by atoms with Crippen LogP contribution in [-0.2, 0) is 30.4 Å². The number of aryl methyl sites for hydroxylation is 2. The van der Waals surface area contributed by atoms with Crippen LogP contribution in [0.15, 0.2) is 37.4 Å². The van der Waals surface area contributed by atoms with Gasteiger partial charge in [-0.3, -0.25) is 19.6 Å². The van der Waals surface area contributed by atoms with Gasteiger partial charge in [-0.25, -0.2) is 4.79 Å². The number of fused-ring (bicyclic) bond motifs is 18. The van der Waals surface area contributed by atoms with E-state index in [1.54, 1.807) is 19.3 Å². The molecular formula is C61H69Cl3N8O12. The second-order valence-electron chi connectivity index (χ2n) is 22.5. The standard InChI is InChI=1S/C32H35Cl3N4O7.C29H34N4O5/c1-6-7-43-28-16(3)29-30(46-14-45-29)24-18(28)10-20-25-23-17(8-15(2)27(42-5)26(23)40)9-19(38(25)4)21(11-36)39(20)22(24)12-37-31(41)44-13-32(33,34)35;1-6-7-36-27-15(3)28-29(38-13-37-28)23-17(27)10-19-24-22-16(8-14(2)26(35-5)25(22)34)9-18(32(24)4)20(11-30)33(19)21(23)12-31/h6,8,19-22,25,40H,1,7,9-10,12-14H2,2-5H3,(H,37,41);6,8,18-21,24,34H,1,7,9-10,12-13,31H2,2-5H3/t19-,20?,21-,22-,25-;18-,19?,20-,21-,24-/m00/s1. The zero-order chi connectivity index (χ0) is 60.0. The Kier molecular flexibility index (Phi) is 16.1. The van der Waals surface area contributed by atoms with E-state index in [9.17, 15) is 25.5 Å². The first-order valence-electron chi connectivity index (χ1n) is 27.9. The molecule has 1 amide bonds. The minimum atomic E-state index is -1.78. The summed E-state index contributed by atoms with van der Waals surface area (Å²) in [7, 11) is 7.16. The maximum absolute atomic E-state index is 12.9. The highest BCUT2D eigenvalue weighted by Crippen LogP contribution is 2.61. The van der Waals surface area contributed by atoms with Crippen molar-refractivity contribution >= 4 is 40.9 Å². The molecule has 4 bridgehead atoms. The lowest BCUT2D eigenvalue weighted by Crippen LogP contribution is -2.68. The van der Waals surface area contributed by atoms with E-state index in [1.807, 2.05) is 40.8 Å². The van der Waals surface area contributed by atoms with Gasteiger partial charge in [0.05, 0.1) is 50.5 Å². The van der Waals surface area contributed by atoms with Crippen molar-refractivity contribution in [2.45, 2.75) is 118 Å². The fourth-order valence-electron chi connectivity index (χ4n) is 15.1. The van der Waals surface area contributed by atoms with Gasteiger partial charge in [0.1, 0.15) is 43.4 Å². The van der Waals surface area contributed by atoms with Crippen molar-refractivity contribution in [3.05, 3.63) is 104 Å². The molecule has 10 atom stereocenters. The third kappa shape index (κ3) is 9.39. The number of phenolic OH excluding ortho intramolecular Hbond substituents is 2. The molecule has 8 heterocycles. The number of carbonyl (C=O) groups is 1. The van der Waals surface area contributed by atoms with Crippen LogP contribution in [0.1, 0.15) is 90.9 Å². The number of amides is 1. The van der Waals surface area contributed by atoms with Gasteiger partial charge in [0.2, 0.25) is 17.4 Å². The normalized spacial score (nSPS) is 25.7. The fraction of sp³-hybridized carbons (Fsp3) is 0.492. The summed E-state index contributed by atoms with van der Waals surface area (Å²) in [5.74, 6) is 5.00. The van der Waals surface area contributed by atoms with E-state index in [0.717, 1.165) is 72.5 Å². The highest BCUT2D eigenvalue weighted by atomic mass is 35.6. The van der Waals surface area contributed by atoms with Gasteiger partial charge in [-0.15, -0.1) is 0 Å². The first-order valence-corrected chi connectivity index (χ1v) is 29.0. The lowest BCUT2D eigenvalue weighted by Gasteiger charge is -2.60. The van der Waals surface area contributed by atoms with Gasteiger partial charge in [0.25, 0.3) is 0 Å². The number of nitrogens with two attached hydrogens (primary N) is 1. The van der Waals surface area contributed by atoms with Crippen molar-refractivity contribution < 1.29 is 57.6 Å². The molecule has 8 aliphatic rings. The number of rotatable bonds is 12. The van der Waals surface area contributed by atoms with Crippen LogP contribution in [0.5, 0.6) is 57.5 Å². The van der Waals surface area contributed by atoms with E-state index in [1.165, 1.54) is 7.11 Å². The van der Waals surface area contributed by atoms with Crippen LogP contribution in [0, 0.1) is 50.4 Å². The molecule has 446 valence electrons. The summed E-state index contributed by atoms with van der Waals surface area (Å²) in [5, 5.41) is 47.3. The molecule has 2 unspecified atom stereocenters. The number of carbonyl (C=O) groups excluding carboxylic acids is 1. The number of benzene rings is 4. The van der Waals surface area contributed by atoms with Crippen molar-refractivity contribution in [3.8, 4) is 69.6 Å². The zero-order valence-electron chi connectivity index (χ0n) is 48.1. The van der Waals surface area contributed by atoms with Crippen LogP contribution in [-0.4, -0.2) is 151 Å². The van der Waals surface area contributed by atoms with Gasteiger partial charge in [-0.05, 0) is 89.7 Å². The number of ether oxygens (including phenoxy) is 9. The van der Waals surface area contributed by atoms with E-state index in [2.05, 4.69) is 63.3 Å². The summed E-state index contributed by atoms with van der Waals surface area (Å²) in [5.41, 5.74) is 17.1. The van der Waals surface area contributed by atoms with E-state index < -0.39 is 34.6 Å². The number of alkyl halides is 3. The number of hydrogen-bond acceptors (Lipinski definition) is 19. The van der Waals surface area contributed by atoms with E-state index in [4.69, 9.17) is 83.2 Å². The number of nitriles is 2. The van der Waals surface area contributed by atoms with Crippen LogP contribution in [0.3, 0.4) is 0 Å². The van der Waals surface area contributed by atoms with Gasteiger partial charge < -0.3 is 63.9 Å².